The normalized spacial score (nSPS) is 22.6. The Kier molecular flexibility index (Phi) is 11.2. The molecule has 1 saturated heterocycles. The van der Waals surface area contributed by atoms with Crippen molar-refractivity contribution in [1.82, 2.24) is 15.2 Å². The first-order valence-corrected chi connectivity index (χ1v) is 20.6. The van der Waals surface area contributed by atoms with E-state index >= 15 is 0 Å². The summed E-state index contributed by atoms with van der Waals surface area (Å²) in [6.07, 6.45) is 6.88. The summed E-state index contributed by atoms with van der Waals surface area (Å²) < 4.78 is 12.0. The van der Waals surface area contributed by atoms with Crippen LogP contribution in [0.2, 0.25) is 0 Å². The lowest BCUT2D eigenvalue weighted by Gasteiger charge is -2.30. The first kappa shape index (κ1) is 38.2. The van der Waals surface area contributed by atoms with E-state index in [2.05, 4.69) is 28.1 Å². The van der Waals surface area contributed by atoms with E-state index in [4.69, 9.17) is 14.5 Å². The summed E-state index contributed by atoms with van der Waals surface area (Å²) in [4.78, 5) is 71.9. The molecule has 3 aromatic rings. The van der Waals surface area contributed by atoms with Gasteiger partial charge in [-0.15, -0.1) is 11.3 Å². The van der Waals surface area contributed by atoms with E-state index in [9.17, 15) is 29.1 Å². The monoisotopic (exact) mass is 784 g/mol. The fraction of sp³-hybridized carbons (Fsp3) is 0.512. The highest BCUT2D eigenvalue weighted by atomic mass is 32.1. The molecule has 3 aliphatic heterocycles. The Balaban J connectivity index is 0.747. The number of fused-ring (bicyclic) bond motifs is 2. The number of hydrogen-bond donors (Lipinski definition) is 4. The Labute approximate surface area is 329 Å². The minimum Gasteiger partial charge on any atom is -0.382 e. The summed E-state index contributed by atoms with van der Waals surface area (Å²) in [5, 5.41) is 20.3. The van der Waals surface area contributed by atoms with Gasteiger partial charge in [0, 0.05) is 47.2 Å². The number of anilines is 3. The highest BCUT2D eigenvalue weighted by Gasteiger charge is 2.45. The van der Waals surface area contributed by atoms with Crippen molar-refractivity contribution in [1.29, 1.82) is 0 Å². The van der Waals surface area contributed by atoms with Gasteiger partial charge in [0.1, 0.15) is 12.3 Å². The second-order valence-corrected chi connectivity index (χ2v) is 16.6. The van der Waals surface area contributed by atoms with Gasteiger partial charge in [-0.2, -0.15) is 0 Å². The number of aliphatic hydroxyl groups is 1. The van der Waals surface area contributed by atoms with Gasteiger partial charge in [0.05, 0.1) is 42.7 Å². The van der Waals surface area contributed by atoms with Crippen molar-refractivity contribution >= 4 is 57.4 Å². The topological polar surface area (TPSA) is 180 Å². The number of aryl methyl sites for hydroxylation is 1. The van der Waals surface area contributed by atoms with Gasteiger partial charge < -0.3 is 30.1 Å². The average Bonchev–Trinajstić information content (AvgIpc) is 3.77. The molecule has 5 aliphatic rings. The third kappa shape index (κ3) is 8.08. The molecule has 4 N–H and O–H groups in total. The fourth-order valence-electron chi connectivity index (χ4n) is 8.47. The zero-order valence-corrected chi connectivity index (χ0v) is 32.3. The number of carbonyl (C=O) groups excluding carboxylic acids is 5. The van der Waals surface area contributed by atoms with Crippen molar-refractivity contribution in [3.63, 3.8) is 0 Å². The third-order valence-electron chi connectivity index (χ3n) is 11.4. The molecule has 56 heavy (non-hydrogen) atoms. The lowest BCUT2D eigenvalue weighted by molar-refractivity contribution is -0.136. The van der Waals surface area contributed by atoms with E-state index in [0.29, 0.717) is 49.5 Å². The Hall–Kier alpha value is -4.70. The van der Waals surface area contributed by atoms with Crippen LogP contribution in [0.3, 0.4) is 0 Å². The molecule has 1 aromatic heterocycles. The van der Waals surface area contributed by atoms with Crippen LogP contribution in [0.5, 0.6) is 0 Å². The number of nitrogens with zero attached hydrogens (tertiary/aromatic N) is 3. The summed E-state index contributed by atoms with van der Waals surface area (Å²) in [5.41, 5.74) is 5.07. The summed E-state index contributed by atoms with van der Waals surface area (Å²) in [7, 11) is 0. The second-order valence-electron chi connectivity index (χ2n) is 15.4. The van der Waals surface area contributed by atoms with Gasteiger partial charge in [-0.25, -0.2) is 4.98 Å². The van der Waals surface area contributed by atoms with Gasteiger partial charge in [-0.05, 0) is 87.6 Å². The molecule has 2 aliphatic carbocycles. The summed E-state index contributed by atoms with van der Waals surface area (Å²) >= 11 is 1.54. The van der Waals surface area contributed by atoms with Gasteiger partial charge in [0.25, 0.3) is 11.8 Å². The zero-order chi connectivity index (χ0) is 38.9. The number of aliphatic hydroxyl groups excluding tert-OH is 1. The Morgan fingerprint density at radius 1 is 1.04 bits per heavy atom. The number of ether oxygens (including phenoxy) is 2. The van der Waals surface area contributed by atoms with Crippen LogP contribution in [-0.4, -0.2) is 95.8 Å². The highest BCUT2D eigenvalue weighted by Crippen LogP contribution is 2.40. The Morgan fingerprint density at radius 2 is 1.89 bits per heavy atom. The van der Waals surface area contributed by atoms with Gasteiger partial charge >= 0.3 is 0 Å². The van der Waals surface area contributed by atoms with Crippen molar-refractivity contribution in [2.75, 3.05) is 48.4 Å². The summed E-state index contributed by atoms with van der Waals surface area (Å²) in [5.74, 6) is -1.38. The molecule has 3 fully saturated rings. The van der Waals surface area contributed by atoms with Crippen molar-refractivity contribution in [2.24, 2.45) is 11.8 Å². The van der Waals surface area contributed by atoms with Crippen LogP contribution < -0.4 is 20.9 Å². The average molecular weight is 785 g/mol. The number of piperidine rings is 1. The zero-order valence-electron chi connectivity index (χ0n) is 31.5. The quantitative estimate of drug-likeness (QED) is 0.0959. The van der Waals surface area contributed by atoms with Gasteiger partial charge in [0.15, 0.2) is 5.13 Å². The smallest absolute Gasteiger partial charge is 0.264 e. The molecule has 14 nitrogen and oxygen atoms in total. The summed E-state index contributed by atoms with van der Waals surface area (Å²) in [6.45, 7) is 4.36. The van der Waals surface area contributed by atoms with E-state index < -0.39 is 35.9 Å². The van der Waals surface area contributed by atoms with Crippen LogP contribution in [-0.2, 0) is 30.3 Å². The van der Waals surface area contributed by atoms with Gasteiger partial charge in [-0.3, -0.25) is 34.2 Å². The maximum Gasteiger partial charge on any atom is 0.264 e. The first-order chi connectivity index (χ1) is 27.1. The molecule has 15 heteroatoms. The Morgan fingerprint density at radius 3 is 2.71 bits per heavy atom. The molecule has 0 bridgehead atoms. The molecule has 296 valence electrons. The Bertz CT molecular complexity index is 2030. The molecular weight excluding hydrogens is 737 g/mol. The largest absolute Gasteiger partial charge is 0.382 e. The number of carbonyl (C=O) groups is 5. The number of benzene rings is 2. The number of hydrogen-bond acceptors (Lipinski definition) is 12. The van der Waals surface area contributed by atoms with Crippen LogP contribution in [0.25, 0.3) is 11.3 Å². The number of aromatic nitrogens is 1. The van der Waals surface area contributed by atoms with Crippen LogP contribution >= 0.6 is 11.3 Å². The molecule has 4 heterocycles. The van der Waals surface area contributed by atoms with E-state index in [1.807, 2.05) is 17.9 Å². The van der Waals surface area contributed by atoms with E-state index in [1.54, 1.807) is 18.2 Å². The maximum atomic E-state index is 13.3. The second kappa shape index (κ2) is 16.4. The van der Waals surface area contributed by atoms with Crippen LogP contribution in [0.1, 0.15) is 88.9 Å². The van der Waals surface area contributed by atoms with E-state index in [0.717, 1.165) is 78.2 Å². The van der Waals surface area contributed by atoms with E-state index in [1.165, 1.54) is 16.9 Å². The minimum absolute atomic E-state index is 0.0657. The standard InChI is InChI=1S/C41H48N6O8S/c1-23-36(27-10-11-31-26(22-27)14-16-46(31)38(51)25-8-9-25)45-41(56-23)44-34(49)21-24-4-2-5-28(20-24)55-19-18-54-17-15-42-30-7-3-6-29-35(30)40(53)47(39(29)52)32-12-13-33(48)43-37(32)50/h3,6-7,10-11,22,24-25,28,32,34,42,49H,2,4-5,8-9,12-21H2,1H3,(H,44,45)(H,43,48,50)/t24-,28+,32?,34?/m1/s1. The fourth-order valence-corrected chi connectivity index (χ4v) is 9.36. The SMILES string of the molecule is Cc1sc(NC(O)C[C@@H]2CCC[C@H](OCCOCCNc3cccc4c3C(=O)N(C3CCC(=O)NC3=O)C4=O)C2)nc1-c1ccc2c(c1)CCN2C(=O)C1CC1. The van der Waals surface area contributed by atoms with Crippen molar-refractivity contribution in [2.45, 2.75) is 89.5 Å². The number of amides is 5. The van der Waals surface area contributed by atoms with E-state index in [-0.39, 0.29) is 41.9 Å². The predicted molar refractivity (Wildman–Crippen MR) is 209 cm³/mol. The molecule has 8 rings (SSSR count). The van der Waals surface area contributed by atoms with Crippen molar-refractivity contribution in [3.8, 4) is 11.3 Å². The maximum absolute atomic E-state index is 13.3. The molecule has 0 radical (unpaired) electrons. The van der Waals surface area contributed by atoms with Crippen molar-refractivity contribution in [3.05, 3.63) is 58.0 Å². The molecule has 2 saturated carbocycles. The lowest BCUT2D eigenvalue weighted by atomic mass is 9.84. The first-order valence-electron chi connectivity index (χ1n) is 19.8. The van der Waals surface area contributed by atoms with Crippen LogP contribution in [0.4, 0.5) is 16.5 Å². The number of nitrogens with one attached hydrogen (secondary N) is 3. The molecule has 4 atom stereocenters. The number of rotatable bonds is 15. The number of imide groups is 2. The minimum atomic E-state index is -1.01. The predicted octanol–water partition coefficient (Wildman–Crippen LogP) is 4.64. The molecule has 0 spiro atoms. The van der Waals surface area contributed by atoms with Crippen molar-refractivity contribution < 1.29 is 38.6 Å². The molecular formula is C41H48N6O8S. The number of thiazole rings is 1. The lowest BCUT2D eigenvalue weighted by Crippen LogP contribution is -2.54. The van der Waals surface area contributed by atoms with Crippen LogP contribution in [0.15, 0.2) is 36.4 Å². The third-order valence-corrected chi connectivity index (χ3v) is 12.3. The summed E-state index contributed by atoms with van der Waals surface area (Å²) in [6, 6.07) is 10.2. The van der Waals surface area contributed by atoms with Gasteiger partial charge in [0.2, 0.25) is 17.7 Å². The highest BCUT2D eigenvalue weighted by molar-refractivity contribution is 7.16. The molecule has 2 aromatic carbocycles. The van der Waals surface area contributed by atoms with Gasteiger partial charge in [-0.1, -0.05) is 25.0 Å². The molecule has 5 amide bonds. The molecule has 2 unspecified atom stereocenters. The van der Waals surface area contributed by atoms with Crippen LogP contribution in [0, 0.1) is 18.8 Å².